The summed E-state index contributed by atoms with van der Waals surface area (Å²) < 4.78 is 5.26. The standard InChI is InChI=1S/C20H26N2O3/c1-22(19-15-7-12-6-13(9-15)10-16(19)8-12)20(24)14-2-4-17(5-3-14)25-11-18(21)23/h2-5,12-13,15-16,19H,6-11H2,1H3,(H2,21,23). The van der Waals surface area contributed by atoms with E-state index in [1.807, 2.05) is 11.9 Å². The van der Waals surface area contributed by atoms with Crippen LogP contribution in [0.2, 0.25) is 0 Å². The first-order valence-corrected chi connectivity index (χ1v) is 9.29. The topological polar surface area (TPSA) is 72.6 Å². The molecule has 4 saturated carbocycles. The Bertz CT molecular complexity index is 642. The van der Waals surface area contributed by atoms with Crippen LogP contribution >= 0.6 is 0 Å². The maximum absolute atomic E-state index is 13.0. The Morgan fingerprint density at radius 2 is 1.60 bits per heavy atom. The van der Waals surface area contributed by atoms with E-state index >= 15 is 0 Å². The van der Waals surface area contributed by atoms with Crippen LogP contribution in [0.15, 0.2) is 24.3 Å². The Morgan fingerprint density at radius 3 is 2.12 bits per heavy atom. The van der Waals surface area contributed by atoms with Gasteiger partial charge in [0, 0.05) is 18.7 Å². The molecule has 2 amide bonds. The van der Waals surface area contributed by atoms with E-state index < -0.39 is 5.91 Å². The van der Waals surface area contributed by atoms with Gasteiger partial charge in [0.25, 0.3) is 11.8 Å². The lowest BCUT2D eigenvalue weighted by atomic mass is 9.54. The second kappa shape index (κ2) is 6.36. The average Bonchev–Trinajstić information content (AvgIpc) is 2.58. The maximum atomic E-state index is 13.0. The molecule has 0 aromatic heterocycles. The predicted molar refractivity (Wildman–Crippen MR) is 94.1 cm³/mol. The van der Waals surface area contributed by atoms with Crippen LogP contribution in [0.5, 0.6) is 5.75 Å². The van der Waals surface area contributed by atoms with Crippen LogP contribution in [0.3, 0.4) is 0 Å². The van der Waals surface area contributed by atoms with Gasteiger partial charge in [-0.1, -0.05) is 0 Å². The van der Waals surface area contributed by atoms with Gasteiger partial charge in [0.05, 0.1) is 0 Å². The number of benzene rings is 1. The van der Waals surface area contributed by atoms with Crippen LogP contribution < -0.4 is 10.5 Å². The molecular weight excluding hydrogens is 316 g/mol. The summed E-state index contributed by atoms with van der Waals surface area (Å²) in [4.78, 5) is 25.7. The van der Waals surface area contributed by atoms with Crippen LogP contribution in [0.1, 0.15) is 42.5 Å². The highest BCUT2D eigenvalue weighted by Gasteiger charge is 2.50. The molecular formula is C20H26N2O3. The highest BCUT2D eigenvalue weighted by Crippen LogP contribution is 2.55. The number of carbonyl (C=O) groups is 2. The van der Waals surface area contributed by atoms with Crippen molar-refractivity contribution in [1.82, 2.24) is 4.90 Å². The second-order valence-corrected chi connectivity index (χ2v) is 8.12. The molecule has 1 aromatic carbocycles. The maximum Gasteiger partial charge on any atom is 0.255 e. The third-order valence-corrected chi connectivity index (χ3v) is 6.43. The van der Waals surface area contributed by atoms with Gasteiger partial charge in [-0.05, 0) is 80.0 Å². The molecule has 4 aliphatic rings. The lowest BCUT2D eigenvalue weighted by Gasteiger charge is -2.56. The van der Waals surface area contributed by atoms with Crippen LogP contribution in [0, 0.1) is 23.7 Å². The Kier molecular flexibility index (Phi) is 4.18. The van der Waals surface area contributed by atoms with Crippen LogP contribution in [0.4, 0.5) is 0 Å². The van der Waals surface area contributed by atoms with Crippen LogP contribution in [-0.4, -0.2) is 36.4 Å². The Hall–Kier alpha value is -2.04. The van der Waals surface area contributed by atoms with E-state index in [-0.39, 0.29) is 12.5 Å². The smallest absolute Gasteiger partial charge is 0.255 e. The zero-order chi connectivity index (χ0) is 17.6. The van der Waals surface area contributed by atoms with Crippen molar-refractivity contribution in [2.24, 2.45) is 29.4 Å². The molecule has 0 saturated heterocycles. The monoisotopic (exact) mass is 342 g/mol. The van der Waals surface area contributed by atoms with Crippen LogP contribution in [0.25, 0.3) is 0 Å². The normalized spacial score (nSPS) is 32.4. The molecule has 2 N–H and O–H groups in total. The zero-order valence-electron chi connectivity index (χ0n) is 14.7. The molecule has 1 aromatic rings. The van der Waals surface area contributed by atoms with E-state index in [0.717, 1.165) is 11.8 Å². The lowest BCUT2D eigenvalue weighted by molar-refractivity contribution is -0.119. The van der Waals surface area contributed by atoms with Gasteiger partial charge in [-0.3, -0.25) is 9.59 Å². The number of nitrogens with zero attached hydrogens (tertiary/aromatic N) is 1. The van der Waals surface area contributed by atoms with Gasteiger partial charge in [0.1, 0.15) is 5.75 Å². The van der Waals surface area contributed by atoms with Gasteiger partial charge >= 0.3 is 0 Å². The fourth-order valence-corrected chi connectivity index (χ4v) is 5.72. The minimum absolute atomic E-state index is 0.0823. The molecule has 4 bridgehead atoms. The van der Waals surface area contributed by atoms with Gasteiger partial charge in [0.2, 0.25) is 0 Å². The van der Waals surface area contributed by atoms with Gasteiger partial charge < -0.3 is 15.4 Å². The molecule has 5 heteroatoms. The molecule has 0 radical (unpaired) electrons. The number of hydrogen-bond acceptors (Lipinski definition) is 3. The molecule has 5 nitrogen and oxygen atoms in total. The Balaban J connectivity index is 1.44. The largest absolute Gasteiger partial charge is 0.484 e. The summed E-state index contributed by atoms with van der Waals surface area (Å²) in [5, 5.41) is 0. The molecule has 5 rings (SSSR count). The summed E-state index contributed by atoms with van der Waals surface area (Å²) in [5.74, 6) is 3.30. The highest BCUT2D eigenvalue weighted by molar-refractivity contribution is 5.94. The molecule has 4 aliphatic carbocycles. The SMILES string of the molecule is CN(C(=O)c1ccc(OCC(N)=O)cc1)C1C2CC3CC(C2)CC1C3. The van der Waals surface area contributed by atoms with E-state index in [2.05, 4.69) is 0 Å². The van der Waals surface area contributed by atoms with Crippen molar-refractivity contribution >= 4 is 11.8 Å². The summed E-state index contributed by atoms with van der Waals surface area (Å²) in [5.41, 5.74) is 5.74. The summed E-state index contributed by atoms with van der Waals surface area (Å²) in [6.07, 6.45) is 6.62. The Morgan fingerprint density at radius 1 is 1.04 bits per heavy atom. The minimum Gasteiger partial charge on any atom is -0.484 e. The molecule has 0 unspecified atom stereocenters. The van der Waals surface area contributed by atoms with E-state index in [9.17, 15) is 9.59 Å². The van der Waals surface area contributed by atoms with Crippen molar-refractivity contribution in [1.29, 1.82) is 0 Å². The molecule has 25 heavy (non-hydrogen) atoms. The van der Waals surface area contributed by atoms with E-state index in [1.54, 1.807) is 24.3 Å². The van der Waals surface area contributed by atoms with Crippen molar-refractivity contribution in [3.8, 4) is 5.75 Å². The molecule has 0 aliphatic heterocycles. The summed E-state index contributed by atoms with van der Waals surface area (Å²) in [6.45, 7) is -0.152. The predicted octanol–water partition coefficient (Wildman–Crippen LogP) is 2.45. The number of ether oxygens (including phenoxy) is 1. The van der Waals surface area contributed by atoms with Crippen molar-refractivity contribution in [3.05, 3.63) is 29.8 Å². The van der Waals surface area contributed by atoms with E-state index in [0.29, 0.717) is 29.2 Å². The second-order valence-electron chi connectivity index (χ2n) is 8.12. The van der Waals surface area contributed by atoms with Crippen molar-refractivity contribution in [3.63, 3.8) is 0 Å². The van der Waals surface area contributed by atoms with Gasteiger partial charge in [-0.25, -0.2) is 0 Å². The molecule has 0 heterocycles. The Labute approximate surface area is 148 Å². The number of rotatable bonds is 5. The van der Waals surface area contributed by atoms with E-state index in [4.69, 9.17) is 10.5 Å². The summed E-state index contributed by atoms with van der Waals surface area (Å²) in [6, 6.07) is 7.38. The lowest BCUT2D eigenvalue weighted by Crippen LogP contribution is -2.56. The van der Waals surface area contributed by atoms with Crippen molar-refractivity contribution in [2.45, 2.75) is 38.1 Å². The fraction of sp³-hybridized carbons (Fsp3) is 0.600. The first kappa shape index (κ1) is 16.4. The number of nitrogens with two attached hydrogens (primary N) is 1. The fourth-order valence-electron chi connectivity index (χ4n) is 5.72. The third-order valence-electron chi connectivity index (χ3n) is 6.43. The zero-order valence-corrected chi connectivity index (χ0v) is 14.7. The third kappa shape index (κ3) is 3.12. The first-order chi connectivity index (χ1) is 12.0. The summed E-state index contributed by atoms with van der Waals surface area (Å²) >= 11 is 0. The molecule has 134 valence electrons. The van der Waals surface area contributed by atoms with Crippen LogP contribution in [-0.2, 0) is 4.79 Å². The van der Waals surface area contributed by atoms with Gasteiger partial charge in [0.15, 0.2) is 6.61 Å². The first-order valence-electron chi connectivity index (χ1n) is 9.29. The molecule has 0 atom stereocenters. The molecule has 4 fully saturated rings. The van der Waals surface area contributed by atoms with Gasteiger partial charge in [-0.2, -0.15) is 0 Å². The quantitative estimate of drug-likeness (QED) is 0.893. The highest BCUT2D eigenvalue weighted by atomic mass is 16.5. The molecule has 0 spiro atoms. The average molecular weight is 342 g/mol. The summed E-state index contributed by atoms with van der Waals surface area (Å²) in [7, 11) is 1.97. The van der Waals surface area contributed by atoms with Gasteiger partial charge in [-0.15, -0.1) is 0 Å². The number of amides is 2. The van der Waals surface area contributed by atoms with Crippen molar-refractivity contribution in [2.75, 3.05) is 13.7 Å². The van der Waals surface area contributed by atoms with Crippen molar-refractivity contribution < 1.29 is 14.3 Å². The number of hydrogen-bond donors (Lipinski definition) is 1. The minimum atomic E-state index is -0.512. The number of primary amides is 1. The number of carbonyl (C=O) groups excluding carboxylic acids is 2. The van der Waals surface area contributed by atoms with E-state index in [1.165, 1.54) is 32.1 Å².